The van der Waals surface area contributed by atoms with Crippen molar-refractivity contribution in [2.45, 2.75) is 44.6 Å². The molecule has 2 rings (SSSR count). The molecule has 0 unspecified atom stereocenters. The number of nitrogens with zero attached hydrogens (tertiary/aromatic N) is 2. The van der Waals surface area contributed by atoms with Crippen LogP contribution in [0.4, 0.5) is 11.4 Å². The van der Waals surface area contributed by atoms with Crippen LogP contribution in [0.15, 0.2) is 18.2 Å². The van der Waals surface area contributed by atoms with E-state index in [1.165, 1.54) is 43.9 Å². The minimum atomic E-state index is -0.517. The lowest BCUT2D eigenvalue weighted by molar-refractivity contribution is -0.384. The van der Waals surface area contributed by atoms with Crippen LogP contribution in [0.25, 0.3) is 0 Å². The summed E-state index contributed by atoms with van der Waals surface area (Å²) in [7, 11) is 1.97. The number of carbonyl (C=O) groups excluding carboxylic acids is 1. The summed E-state index contributed by atoms with van der Waals surface area (Å²) in [5.41, 5.74) is 0.306. The van der Waals surface area contributed by atoms with Crippen molar-refractivity contribution in [1.82, 2.24) is 4.90 Å². The fraction of sp³-hybridized carbons (Fsp3) is 0.562. The van der Waals surface area contributed by atoms with Gasteiger partial charge in [0.1, 0.15) is 0 Å². The number of hydrogen-bond acceptors (Lipinski definition) is 4. The molecule has 0 radical (unpaired) electrons. The van der Waals surface area contributed by atoms with Gasteiger partial charge in [-0.2, -0.15) is 0 Å². The molecule has 0 saturated heterocycles. The number of amides is 1. The minimum absolute atomic E-state index is 0.0939. The third-order valence-electron chi connectivity index (χ3n) is 4.28. The number of nitro benzene ring substituents is 1. The Morgan fingerprint density at radius 1 is 1.35 bits per heavy atom. The Kier molecular flexibility index (Phi) is 6.36. The summed E-state index contributed by atoms with van der Waals surface area (Å²) in [6.45, 7) is 0.290. The van der Waals surface area contributed by atoms with Crippen molar-refractivity contribution in [2.75, 3.05) is 18.9 Å². The highest BCUT2D eigenvalue weighted by Gasteiger charge is 2.19. The molecule has 1 N–H and O–H groups in total. The number of benzene rings is 1. The Bertz CT molecular complexity index is 572. The van der Waals surface area contributed by atoms with Crippen LogP contribution in [0.3, 0.4) is 0 Å². The maximum absolute atomic E-state index is 12.2. The van der Waals surface area contributed by atoms with Crippen molar-refractivity contribution in [3.63, 3.8) is 0 Å². The number of nitrogens with one attached hydrogen (secondary N) is 1. The number of anilines is 1. The van der Waals surface area contributed by atoms with Crippen LogP contribution in [-0.4, -0.2) is 35.4 Å². The normalized spacial score (nSPS) is 16.1. The molecule has 0 heterocycles. The molecule has 0 atom stereocenters. The van der Waals surface area contributed by atoms with E-state index in [1.54, 1.807) is 0 Å². The SMILES string of the molecule is CN(CC(=O)Nc1ccc([N+](=O)[O-])cc1Cl)C1CCCCCC1. The second kappa shape index (κ2) is 8.26. The summed E-state index contributed by atoms with van der Waals surface area (Å²) in [5, 5.41) is 13.6. The van der Waals surface area contributed by atoms with Crippen LogP contribution < -0.4 is 5.32 Å². The predicted octanol–water partition coefficient (Wildman–Crippen LogP) is 3.84. The van der Waals surface area contributed by atoms with Crippen molar-refractivity contribution in [1.29, 1.82) is 0 Å². The van der Waals surface area contributed by atoms with Gasteiger partial charge in [-0.05, 0) is 26.0 Å². The molecule has 0 bridgehead atoms. The zero-order valence-electron chi connectivity index (χ0n) is 13.3. The average molecular weight is 340 g/mol. The van der Waals surface area contributed by atoms with Crippen LogP contribution in [0, 0.1) is 10.1 Å². The molecule has 1 aromatic rings. The number of hydrogen-bond donors (Lipinski definition) is 1. The van der Waals surface area contributed by atoms with E-state index in [2.05, 4.69) is 10.2 Å². The van der Waals surface area contributed by atoms with E-state index in [0.717, 1.165) is 12.8 Å². The van der Waals surface area contributed by atoms with Crippen molar-refractivity contribution >= 4 is 28.9 Å². The van der Waals surface area contributed by atoms with E-state index in [-0.39, 0.29) is 23.2 Å². The monoisotopic (exact) mass is 339 g/mol. The van der Waals surface area contributed by atoms with Gasteiger partial charge in [0.2, 0.25) is 5.91 Å². The molecule has 126 valence electrons. The third-order valence-corrected chi connectivity index (χ3v) is 4.59. The largest absolute Gasteiger partial charge is 0.324 e. The molecule has 6 nitrogen and oxygen atoms in total. The lowest BCUT2D eigenvalue weighted by Gasteiger charge is -2.26. The molecular weight excluding hydrogens is 318 g/mol. The molecule has 1 aliphatic carbocycles. The lowest BCUT2D eigenvalue weighted by atomic mass is 10.1. The summed E-state index contributed by atoms with van der Waals surface area (Å²) < 4.78 is 0. The molecule has 1 aromatic carbocycles. The van der Waals surface area contributed by atoms with Gasteiger partial charge in [-0.15, -0.1) is 0 Å². The van der Waals surface area contributed by atoms with Crippen molar-refractivity contribution in [3.05, 3.63) is 33.3 Å². The summed E-state index contributed by atoms with van der Waals surface area (Å²) in [5.74, 6) is -0.160. The van der Waals surface area contributed by atoms with Gasteiger partial charge in [0.05, 0.1) is 22.2 Å². The number of carbonyl (C=O) groups is 1. The third kappa shape index (κ3) is 5.18. The van der Waals surface area contributed by atoms with Crippen LogP contribution in [0.1, 0.15) is 38.5 Å². The van der Waals surface area contributed by atoms with Crippen LogP contribution in [0.2, 0.25) is 5.02 Å². The maximum atomic E-state index is 12.2. The first-order valence-corrected chi connectivity index (χ1v) is 8.29. The molecule has 23 heavy (non-hydrogen) atoms. The van der Waals surface area contributed by atoms with Gasteiger partial charge in [-0.25, -0.2) is 0 Å². The van der Waals surface area contributed by atoms with E-state index in [9.17, 15) is 14.9 Å². The highest BCUT2D eigenvalue weighted by atomic mass is 35.5. The Balaban J connectivity index is 1.92. The van der Waals surface area contributed by atoms with E-state index in [1.807, 2.05) is 7.05 Å². The second-order valence-corrected chi connectivity index (χ2v) is 6.44. The highest BCUT2D eigenvalue weighted by molar-refractivity contribution is 6.34. The van der Waals surface area contributed by atoms with Crippen LogP contribution >= 0.6 is 11.6 Å². The zero-order chi connectivity index (χ0) is 16.8. The smallest absolute Gasteiger partial charge is 0.271 e. The number of non-ortho nitro benzene ring substituents is 1. The van der Waals surface area contributed by atoms with E-state index in [4.69, 9.17) is 11.6 Å². The number of halogens is 1. The Labute approximate surface area is 141 Å². The standard InChI is InChI=1S/C16H22ClN3O3/c1-19(12-6-4-2-3-5-7-12)11-16(21)18-15-9-8-13(20(22)23)10-14(15)17/h8-10,12H,2-7,11H2,1H3,(H,18,21). The predicted molar refractivity (Wildman–Crippen MR) is 90.9 cm³/mol. The Morgan fingerprint density at radius 2 is 2.00 bits per heavy atom. The number of likely N-dealkylation sites (N-methyl/N-ethyl adjacent to an activating group) is 1. The second-order valence-electron chi connectivity index (χ2n) is 6.03. The van der Waals surface area contributed by atoms with Crippen molar-refractivity contribution < 1.29 is 9.72 Å². The van der Waals surface area contributed by atoms with E-state index in [0.29, 0.717) is 11.7 Å². The first kappa shape index (κ1) is 17.7. The summed E-state index contributed by atoms with van der Waals surface area (Å²) >= 11 is 5.99. The zero-order valence-corrected chi connectivity index (χ0v) is 14.0. The van der Waals surface area contributed by atoms with Gasteiger partial charge in [0, 0.05) is 18.2 Å². The van der Waals surface area contributed by atoms with E-state index >= 15 is 0 Å². The van der Waals surface area contributed by atoms with Gasteiger partial charge in [0.25, 0.3) is 5.69 Å². The maximum Gasteiger partial charge on any atom is 0.271 e. The fourth-order valence-electron chi connectivity index (χ4n) is 2.96. The molecule has 1 fully saturated rings. The quantitative estimate of drug-likeness (QED) is 0.502. The molecule has 1 amide bonds. The number of nitro groups is 1. The molecule has 0 aromatic heterocycles. The Morgan fingerprint density at radius 3 is 2.57 bits per heavy atom. The van der Waals surface area contributed by atoms with E-state index < -0.39 is 4.92 Å². The summed E-state index contributed by atoms with van der Waals surface area (Å²) in [6, 6.07) is 4.47. The van der Waals surface area contributed by atoms with Crippen molar-refractivity contribution in [2.24, 2.45) is 0 Å². The first-order valence-electron chi connectivity index (χ1n) is 7.91. The average Bonchev–Trinajstić information content (AvgIpc) is 2.78. The van der Waals surface area contributed by atoms with Gasteiger partial charge in [-0.1, -0.05) is 37.3 Å². The molecule has 0 aliphatic heterocycles. The van der Waals surface area contributed by atoms with Gasteiger partial charge in [0.15, 0.2) is 0 Å². The first-order chi connectivity index (χ1) is 11.0. The van der Waals surface area contributed by atoms with Crippen molar-refractivity contribution in [3.8, 4) is 0 Å². The Hall–Kier alpha value is -1.66. The molecule has 7 heteroatoms. The molecule has 1 aliphatic rings. The minimum Gasteiger partial charge on any atom is -0.324 e. The lowest BCUT2D eigenvalue weighted by Crippen LogP contribution is -2.37. The van der Waals surface area contributed by atoms with Crippen LogP contribution in [0.5, 0.6) is 0 Å². The molecule has 1 saturated carbocycles. The van der Waals surface area contributed by atoms with Crippen LogP contribution in [-0.2, 0) is 4.79 Å². The molecule has 0 spiro atoms. The van der Waals surface area contributed by atoms with Gasteiger partial charge in [-0.3, -0.25) is 19.8 Å². The summed E-state index contributed by atoms with van der Waals surface area (Å²) in [4.78, 5) is 24.4. The molecular formula is C16H22ClN3O3. The number of rotatable bonds is 5. The highest BCUT2D eigenvalue weighted by Crippen LogP contribution is 2.27. The van der Waals surface area contributed by atoms with Gasteiger partial charge < -0.3 is 5.32 Å². The van der Waals surface area contributed by atoms with Gasteiger partial charge >= 0.3 is 0 Å². The topological polar surface area (TPSA) is 75.5 Å². The fourth-order valence-corrected chi connectivity index (χ4v) is 3.18. The summed E-state index contributed by atoms with van der Waals surface area (Å²) in [6.07, 6.45) is 7.23.